The van der Waals surface area contributed by atoms with Gasteiger partial charge in [0.1, 0.15) is 11.5 Å². The second-order valence-corrected chi connectivity index (χ2v) is 4.68. The molecule has 20 heavy (non-hydrogen) atoms. The molecule has 0 spiro atoms. The number of phenolic OH excluding ortho intramolecular Hbond substituents is 1. The van der Waals surface area contributed by atoms with Crippen LogP contribution in [-0.2, 0) is 0 Å². The Hall–Kier alpha value is -2.20. The third kappa shape index (κ3) is 2.86. The molecule has 2 rings (SSSR count). The Kier molecular flexibility index (Phi) is 4.15. The fraction of sp³-hybridized carbons (Fsp3) is 0.133. The molecule has 0 saturated heterocycles. The van der Waals surface area contributed by atoms with E-state index in [2.05, 4.69) is 5.32 Å². The van der Waals surface area contributed by atoms with E-state index in [1.165, 1.54) is 7.11 Å². The van der Waals surface area contributed by atoms with Crippen molar-refractivity contribution in [3.05, 3.63) is 52.5 Å². The highest BCUT2D eigenvalue weighted by molar-refractivity contribution is 6.34. The van der Waals surface area contributed by atoms with E-state index < -0.39 is 5.91 Å². The molecule has 0 aliphatic heterocycles. The maximum absolute atomic E-state index is 12.2. The predicted molar refractivity (Wildman–Crippen MR) is 78.8 cm³/mol. The van der Waals surface area contributed by atoms with Gasteiger partial charge in [-0.2, -0.15) is 0 Å². The van der Waals surface area contributed by atoms with E-state index >= 15 is 0 Å². The molecule has 0 aliphatic carbocycles. The summed E-state index contributed by atoms with van der Waals surface area (Å²) in [5, 5.41) is 13.0. The summed E-state index contributed by atoms with van der Waals surface area (Å²) in [4.78, 5) is 12.2. The van der Waals surface area contributed by atoms with Crippen molar-refractivity contribution in [3.8, 4) is 11.5 Å². The average molecular weight is 292 g/mol. The summed E-state index contributed by atoms with van der Waals surface area (Å²) in [6.45, 7) is 1.73. The molecule has 0 radical (unpaired) electrons. The molecule has 1 amide bonds. The minimum Gasteiger partial charge on any atom is -0.507 e. The van der Waals surface area contributed by atoms with E-state index in [1.807, 2.05) is 0 Å². The van der Waals surface area contributed by atoms with Gasteiger partial charge in [-0.3, -0.25) is 4.79 Å². The minimum atomic E-state index is -0.429. The van der Waals surface area contributed by atoms with Crippen LogP contribution in [0.1, 0.15) is 15.9 Å². The highest BCUT2D eigenvalue weighted by atomic mass is 35.5. The number of benzene rings is 2. The van der Waals surface area contributed by atoms with Gasteiger partial charge in [0, 0.05) is 6.07 Å². The van der Waals surface area contributed by atoms with Gasteiger partial charge in [0.25, 0.3) is 5.91 Å². The van der Waals surface area contributed by atoms with E-state index in [4.69, 9.17) is 16.3 Å². The fourth-order valence-electron chi connectivity index (χ4n) is 1.76. The van der Waals surface area contributed by atoms with Crippen LogP contribution in [0.5, 0.6) is 11.5 Å². The Morgan fingerprint density at radius 2 is 2.05 bits per heavy atom. The first kappa shape index (κ1) is 14.2. The zero-order chi connectivity index (χ0) is 14.7. The van der Waals surface area contributed by atoms with Crippen molar-refractivity contribution in [1.29, 1.82) is 0 Å². The van der Waals surface area contributed by atoms with Crippen LogP contribution in [0.2, 0.25) is 5.02 Å². The predicted octanol–water partition coefficient (Wildman–Crippen LogP) is 3.61. The van der Waals surface area contributed by atoms with Gasteiger partial charge in [-0.25, -0.2) is 0 Å². The number of rotatable bonds is 3. The van der Waals surface area contributed by atoms with Crippen LogP contribution in [0.4, 0.5) is 5.69 Å². The first-order chi connectivity index (χ1) is 9.52. The standard InChI is InChI=1S/C15H14ClNO3/c1-9-4-3-5-11(14(9)18)15(19)17-13-8-10(20-2)6-7-12(13)16/h3-8,18H,1-2H3,(H,17,19). The number of amides is 1. The summed E-state index contributed by atoms with van der Waals surface area (Å²) >= 11 is 6.02. The highest BCUT2D eigenvalue weighted by Crippen LogP contribution is 2.28. The number of nitrogens with one attached hydrogen (secondary N) is 1. The summed E-state index contributed by atoms with van der Waals surface area (Å²) in [7, 11) is 1.53. The lowest BCUT2D eigenvalue weighted by Crippen LogP contribution is -2.12. The van der Waals surface area contributed by atoms with Crippen molar-refractivity contribution in [2.24, 2.45) is 0 Å². The molecule has 0 atom stereocenters. The molecule has 0 bridgehead atoms. The van der Waals surface area contributed by atoms with E-state index in [0.29, 0.717) is 22.0 Å². The minimum absolute atomic E-state index is 0.0379. The Morgan fingerprint density at radius 1 is 1.30 bits per heavy atom. The van der Waals surface area contributed by atoms with Crippen molar-refractivity contribution >= 4 is 23.2 Å². The van der Waals surface area contributed by atoms with Crippen LogP contribution in [-0.4, -0.2) is 18.1 Å². The molecule has 0 aliphatic rings. The van der Waals surface area contributed by atoms with E-state index in [0.717, 1.165) is 0 Å². The number of phenols is 1. The molecule has 0 heterocycles. The van der Waals surface area contributed by atoms with Crippen LogP contribution >= 0.6 is 11.6 Å². The van der Waals surface area contributed by atoms with Gasteiger partial charge >= 0.3 is 0 Å². The molecule has 0 aromatic heterocycles. The van der Waals surface area contributed by atoms with Crippen LogP contribution in [0.3, 0.4) is 0 Å². The lowest BCUT2D eigenvalue weighted by molar-refractivity contribution is 0.102. The number of hydrogen-bond acceptors (Lipinski definition) is 3. The lowest BCUT2D eigenvalue weighted by Gasteiger charge is -2.10. The summed E-state index contributed by atoms with van der Waals surface area (Å²) in [6, 6.07) is 9.93. The number of anilines is 1. The quantitative estimate of drug-likeness (QED) is 0.908. The van der Waals surface area contributed by atoms with Gasteiger partial charge in [-0.15, -0.1) is 0 Å². The molecule has 0 unspecified atom stereocenters. The fourth-order valence-corrected chi connectivity index (χ4v) is 1.92. The summed E-state index contributed by atoms with van der Waals surface area (Å²) in [5.74, 6) is 0.114. The van der Waals surface area contributed by atoms with Crippen molar-refractivity contribution in [2.75, 3.05) is 12.4 Å². The average Bonchev–Trinajstić information content (AvgIpc) is 2.44. The Balaban J connectivity index is 2.30. The third-order valence-corrected chi connectivity index (χ3v) is 3.23. The number of para-hydroxylation sites is 1. The highest BCUT2D eigenvalue weighted by Gasteiger charge is 2.14. The topological polar surface area (TPSA) is 58.6 Å². The number of aryl methyl sites for hydroxylation is 1. The van der Waals surface area contributed by atoms with Crippen molar-refractivity contribution in [2.45, 2.75) is 6.92 Å². The first-order valence-electron chi connectivity index (χ1n) is 5.96. The van der Waals surface area contributed by atoms with Gasteiger partial charge in [0.2, 0.25) is 0 Å². The number of hydrogen-bond donors (Lipinski definition) is 2. The number of ether oxygens (including phenoxy) is 1. The smallest absolute Gasteiger partial charge is 0.259 e. The molecule has 5 heteroatoms. The maximum Gasteiger partial charge on any atom is 0.259 e. The number of methoxy groups -OCH3 is 1. The second kappa shape index (κ2) is 5.84. The Bertz CT molecular complexity index is 656. The number of aromatic hydroxyl groups is 1. The van der Waals surface area contributed by atoms with Gasteiger partial charge < -0.3 is 15.2 Å². The van der Waals surface area contributed by atoms with E-state index in [9.17, 15) is 9.90 Å². The van der Waals surface area contributed by atoms with Crippen LogP contribution < -0.4 is 10.1 Å². The Morgan fingerprint density at radius 3 is 2.75 bits per heavy atom. The number of carbonyl (C=O) groups is 1. The largest absolute Gasteiger partial charge is 0.507 e. The van der Waals surface area contributed by atoms with Crippen LogP contribution in [0.15, 0.2) is 36.4 Å². The normalized spacial score (nSPS) is 10.2. The van der Waals surface area contributed by atoms with Crippen LogP contribution in [0.25, 0.3) is 0 Å². The molecule has 0 fully saturated rings. The molecule has 104 valence electrons. The zero-order valence-corrected chi connectivity index (χ0v) is 11.9. The second-order valence-electron chi connectivity index (χ2n) is 4.27. The summed E-state index contributed by atoms with van der Waals surface area (Å²) < 4.78 is 5.08. The first-order valence-corrected chi connectivity index (χ1v) is 6.34. The monoisotopic (exact) mass is 291 g/mol. The van der Waals surface area contributed by atoms with Crippen molar-refractivity contribution in [3.63, 3.8) is 0 Å². The maximum atomic E-state index is 12.2. The third-order valence-electron chi connectivity index (χ3n) is 2.90. The summed E-state index contributed by atoms with van der Waals surface area (Å²) in [6.07, 6.45) is 0. The molecule has 2 aromatic rings. The Labute approximate surface area is 122 Å². The van der Waals surface area contributed by atoms with Crippen LogP contribution in [0, 0.1) is 6.92 Å². The van der Waals surface area contributed by atoms with Gasteiger partial charge in [-0.05, 0) is 30.7 Å². The summed E-state index contributed by atoms with van der Waals surface area (Å²) in [5.41, 5.74) is 1.26. The lowest BCUT2D eigenvalue weighted by atomic mass is 10.1. The van der Waals surface area contributed by atoms with Gasteiger partial charge in [0.15, 0.2) is 0 Å². The molecular formula is C15H14ClNO3. The van der Waals surface area contributed by atoms with Gasteiger partial charge in [0.05, 0.1) is 23.4 Å². The molecule has 0 saturated carbocycles. The number of halogens is 1. The SMILES string of the molecule is COc1ccc(Cl)c(NC(=O)c2cccc(C)c2O)c1. The van der Waals surface area contributed by atoms with E-state index in [-0.39, 0.29) is 11.3 Å². The van der Waals surface area contributed by atoms with Crippen molar-refractivity contribution < 1.29 is 14.6 Å². The molecular weight excluding hydrogens is 278 g/mol. The van der Waals surface area contributed by atoms with Crippen molar-refractivity contribution in [1.82, 2.24) is 0 Å². The molecule has 2 N–H and O–H groups in total. The zero-order valence-electron chi connectivity index (χ0n) is 11.1. The molecule has 2 aromatic carbocycles. The van der Waals surface area contributed by atoms with Gasteiger partial charge in [-0.1, -0.05) is 23.7 Å². The number of carbonyl (C=O) groups excluding carboxylic acids is 1. The molecule has 4 nitrogen and oxygen atoms in total. The van der Waals surface area contributed by atoms with E-state index in [1.54, 1.807) is 43.3 Å².